The number of hydrogen-bond acceptors (Lipinski definition) is 3. The molecule has 148 valence electrons. The number of halogens is 7. The Morgan fingerprint density at radius 2 is 1.96 bits per heavy atom. The van der Waals surface area contributed by atoms with Crippen molar-refractivity contribution in [2.75, 3.05) is 6.26 Å². The average Bonchev–Trinajstić information content (AvgIpc) is 2.86. The zero-order valence-corrected chi connectivity index (χ0v) is 15.9. The number of alkyl halides is 5. The van der Waals surface area contributed by atoms with Gasteiger partial charge in [-0.25, -0.2) is 17.4 Å². The van der Waals surface area contributed by atoms with Crippen LogP contribution in [0.15, 0.2) is 12.1 Å². The van der Waals surface area contributed by atoms with Gasteiger partial charge in [-0.2, -0.15) is 23.5 Å². The molecular formula is C15H7Cl2F5N4OS. The van der Waals surface area contributed by atoms with Gasteiger partial charge in [0, 0.05) is 35.3 Å². The maximum Gasteiger partial charge on any atom is 0.416 e. The summed E-state index contributed by atoms with van der Waals surface area (Å²) in [6.45, 7) is 0. The summed E-state index contributed by atoms with van der Waals surface area (Å²) in [4.78, 5) is 0. The summed E-state index contributed by atoms with van der Waals surface area (Å²) >= 11 is 12.2. The lowest BCUT2D eigenvalue weighted by molar-refractivity contribution is -0.137. The normalized spacial score (nSPS) is 22.5. The molecule has 0 bridgehead atoms. The molecule has 3 aromatic rings. The summed E-state index contributed by atoms with van der Waals surface area (Å²) in [5.74, 6) is -3.39. The van der Waals surface area contributed by atoms with Gasteiger partial charge in [0.2, 0.25) is 0 Å². The zero-order chi connectivity index (χ0) is 20.8. The molecule has 1 aliphatic carbocycles. The Labute approximate surface area is 165 Å². The van der Waals surface area contributed by atoms with Crippen LogP contribution in [-0.2, 0) is 21.7 Å². The van der Waals surface area contributed by atoms with Gasteiger partial charge in [-0.05, 0) is 12.1 Å². The molecule has 13 heteroatoms. The summed E-state index contributed by atoms with van der Waals surface area (Å²) in [5.41, 5.74) is -2.53. The quantitative estimate of drug-likeness (QED) is 0.535. The lowest BCUT2D eigenvalue weighted by atomic mass is 10.1. The molecule has 2 heterocycles. The SMILES string of the molecule is CS(=O)C1(c2c(C#N)nn3c4c(Cl)cc(C(F)(F)F)cc4n(Cl)c23)CC1(F)F. The largest absolute Gasteiger partial charge is 0.416 e. The van der Waals surface area contributed by atoms with Gasteiger partial charge >= 0.3 is 6.18 Å². The molecule has 5 nitrogen and oxygen atoms in total. The van der Waals surface area contributed by atoms with E-state index in [0.29, 0.717) is 16.2 Å². The summed E-state index contributed by atoms with van der Waals surface area (Å²) in [6, 6.07) is 3.00. The van der Waals surface area contributed by atoms with Crippen molar-refractivity contribution in [1.29, 1.82) is 5.26 Å². The van der Waals surface area contributed by atoms with Crippen LogP contribution in [0.1, 0.15) is 23.2 Å². The minimum absolute atomic E-state index is 0.0941. The van der Waals surface area contributed by atoms with Gasteiger partial charge in [0.1, 0.15) is 16.3 Å². The highest BCUT2D eigenvalue weighted by atomic mass is 35.5. The molecule has 0 amide bonds. The first-order valence-corrected chi connectivity index (χ1v) is 9.76. The van der Waals surface area contributed by atoms with E-state index in [1.54, 1.807) is 6.07 Å². The maximum atomic E-state index is 14.2. The van der Waals surface area contributed by atoms with Crippen molar-refractivity contribution in [1.82, 2.24) is 13.7 Å². The maximum absolute atomic E-state index is 14.2. The highest BCUT2D eigenvalue weighted by Crippen LogP contribution is 2.65. The molecule has 0 aliphatic heterocycles. The van der Waals surface area contributed by atoms with E-state index in [0.717, 1.165) is 10.8 Å². The van der Waals surface area contributed by atoms with Crippen molar-refractivity contribution in [3.05, 3.63) is 34.0 Å². The smallest absolute Gasteiger partial charge is 0.259 e. The van der Waals surface area contributed by atoms with Gasteiger partial charge in [-0.3, -0.25) is 4.21 Å². The Bertz CT molecular complexity index is 1240. The molecule has 0 radical (unpaired) electrons. The van der Waals surface area contributed by atoms with Crippen molar-refractivity contribution in [3.63, 3.8) is 0 Å². The van der Waals surface area contributed by atoms with Crippen molar-refractivity contribution < 1.29 is 26.2 Å². The lowest BCUT2D eigenvalue weighted by Crippen LogP contribution is -2.23. The molecular weight excluding hydrogens is 450 g/mol. The van der Waals surface area contributed by atoms with Gasteiger partial charge in [0.25, 0.3) is 5.92 Å². The van der Waals surface area contributed by atoms with Crippen LogP contribution < -0.4 is 0 Å². The number of aromatic nitrogens is 3. The van der Waals surface area contributed by atoms with Crippen LogP contribution in [0.2, 0.25) is 5.02 Å². The number of nitriles is 1. The molecule has 28 heavy (non-hydrogen) atoms. The van der Waals surface area contributed by atoms with E-state index in [1.807, 2.05) is 0 Å². The second kappa shape index (κ2) is 5.58. The summed E-state index contributed by atoms with van der Waals surface area (Å²) in [7, 11) is -2.12. The summed E-state index contributed by atoms with van der Waals surface area (Å²) in [6.07, 6.45) is -4.47. The predicted octanol–water partition coefficient (Wildman–Crippen LogP) is 4.45. The number of hydrogen-bond donors (Lipinski definition) is 0. The van der Waals surface area contributed by atoms with Gasteiger partial charge in [0.15, 0.2) is 11.3 Å². The Balaban J connectivity index is 2.17. The standard InChI is InChI=1S/C15H7Cl2F5N4OS/c1-28(27)13(5-14(13,18)19)10-8(4-23)24-26-11-7(16)2-6(15(20,21)22)3-9(11)25(17)12(10)26/h2-3H,5H2,1H3. The van der Waals surface area contributed by atoms with Gasteiger partial charge in [-0.15, -0.1) is 0 Å². The molecule has 2 aromatic heterocycles. The third kappa shape index (κ3) is 2.28. The number of rotatable bonds is 2. The Morgan fingerprint density at radius 1 is 1.36 bits per heavy atom. The number of imidazole rings is 1. The molecule has 0 spiro atoms. The summed E-state index contributed by atoms with van der Waals surface area (Å²) < 4.78 is 79.4. The van der Waals surface area contributed by atoms with Crippen LogP contribution in [-0.4, -0.2) is 30.1 Å². The summed E-state index contributed by atoms with van der Waals surface area (Å²) in [5, 5.41) is 12.9. The van der Waals surface area contributed by atoms with E-state index >= 15 is 0 Å². The molecule has 1 aliphatic rings. The molecule has 1 saturated carbocycles. The van der Waals surface area contributed by atoms with E-state index in [9.17, 15) is 31.4 Å². The van der Waals surface area contributed by atoms with Crippen molar-refractivity contribution in [3.8, 4) is 6.07 Å². The van der Waals surface area contributed by atoms with E-state index in [1.165, 1.54) is 0 Å². The van der Waals surface area contributed by atoms with Crippen LogP contribution in [0.25, 0.3) is 16.7 Å². The fraction of sp³-hybridized carbons (Fsp3) is 0.333. The third-order valence-electron chi connectivity index (χ3n) is 4.78. The molecule has 1 aromatic carbocycles. The molecule has 0 saturated heterocycles. The highest BCUT2D eigenvalue weighted by molar-refractivity contribution is 7.85. The second-order valence-corrected chi connectivity index (χ2v) is 8.69. The fourth-order valence-corrected chi connectivity index (χ4v) is 5.27. The molecule has 0 N–H and O–H groups in total. The Kier molecular flexibility index (Phi) is 3.87. The first-order valence-electron chi connectivity index (χ1n) is 7.49. The van der Waals surface area contributed by atoms with Crippen LogP contribution in [0.3, 0.4) is 0 Å². The highest BCUT2D eigenvalue weighted by Gasteiger charge is 2.77. The lowest BCUT2D eigenvalue weighted by Gasteiger charge is -2.12. The number of fused-ring (bicyclic) bond motifs is 3. The predicted molar refractivity (Wildman–Crippen MR) is 92.0 cm³/mol. The van der Waals surface area contributed by atoms with Crippen molar-refractivity contribution in [2.24, 2.45) is 0 Å². The monoisotopic (exact) mass is 456 g/mol. The second-order valence-electron chi connectivity index (χ2n) is 6.34. The van der Waals surface area contributed by atoms with E-state index < -0.39 is 45.3 Å². The molecule has 1 fully saturated rings. The van der Waals surface area contributed by atoms with Crippen molar-refractivity contribution in [2.45, 2.75) is 23.3 Å². The first-order chi connectivity index (χ1) is 12.9. The average molecular weight is 457 g/mol. The minimum atomic E-state index is -4.72. The van der Waals surface area contributed by atoms with Gasteiger partial charge in [0.05, 0.1) is 21.7 Å². The zero-order valence-electron chi connectivity index (χ0n) is 13.6. The molecule has 4 rings (SSSR count). The molecule has 2 atom stereocenters. The van der Waals surface area contributed by atoms with Crippen LogP contribution in [0.5, 0.6) is 0 Å². The number of benzene rings is 1. The van der Waals surface area contributed by atoms with Crippen LogP contribution >= 0.6 is 23.4 Å². The molecule has 2 unspecified atom stereocenters. The first kappa shape index (κ1) is 19.4. The van der Waals surface area contributed by atoms with E-state index in [2.05, 4.69) is 5.10 Å². The van der Waals surface area contributed by atoms with Crippen LogP contribution in [0.4, 0.5) is 22.0 Å². The Hall–Kier alpha value is -1.90. The third-order valence-corrected chi connectivity index (χ3v) is 7.04. The van der Waals surface area contributed by atoms with Crippen LogP contribution in [0, 0.1) is 11.3 Å². The van der Waals surface area contributed by atoms with Gasteiger partial charge < -0.3 is 0 Å². The minimum Gasteiger partial charge on any atom is -0.259 e. The van der Waals surface area contributed by atoms with E-state index in [4.69, 9.17) is 23.4 Å². The van der Waals surface area contributed by atoms with E-state index in [-0.39, 0.29) is 27.3 Å². The van der Waals surface area contributed by atoms with Crippen molar-refractivity contribution >= 4 is 50.9 Å². The fourth-order valence-electron chi connectivity index (χ4n) is 3.41. The number of nitrogens with zero attached hydrogens (tertiary/aromatic N) is 4. The topological polar surface area (TPSA) is 63.1 Å². The Morgan fingerprint density at radius 3 is 2.43 bits per heavy atom. The van der Waals surface area contributed by atoms with Gasteiger partial charge in [-0.1, -0.05) is 11.6 Å².